The van der Waals surface area contributed by atoms with E-state index in [1.807, 2.05) is 6.92 Å². The average molecular weight is 518 g/mol. The highest BCUT2D eigenvalue weighted by Gasteiger charge is 2.29. The van der Waals surface area contributed by atoms with Crippen molar-refractivity contribution in [1.82, 2.24) is 0 Å². The van der Waals surface area contributed by atoms with E-state index in [1.165, 1.54) is 32.4 Å². The molecular weight excluding hydrogens is 490 g/mol. The first-order chi connectivity index (χ1) is 16.4. The van der Waals surface area contributed by atoms with Gasteiger partial charge in [-0.2, -0.15) is 0 Å². The molecule has 3 aromatic rings. The summed E-state index contributed by atoms with van der Waals surface area (Å²) in [7, 11) is -4.81. The number of carbonyl (C=O) groups excluding carboxylic acids is 1. The number of ether oxygens (including phenoxy) is 1. The second-order valence-electron chi connectivity index (χ2n) is 7.83. The van der Waals surface area contributed by atoms with Crippen LogP contribution in [0.4, 0.5) is 17.1 Å². The number of hydrogen-bond donors (Lipinski definition) is 1. The molecule has 0 aliphatic rings. The van der Waals surface area contributed by atoms with Crippen LogP contribution in [0, 0.1) is 6.92 Å². The lowest BCUT2D eigenvalue weighted by molar-refractivity contribution is -0.114. The van der Waals surface area contributed by atoms with Crippen LogP contribution < -0.4 is 18.7 Å². The molecule has 0 heterocycles. The summed E-state index contributed by atoms with van der Waals surface area (Å²) >= 11 is 0. The fourth-order valence-corrected chi connectivity index (χ4v) is 5.20. The van der Waals surface area contributed by atoms with E-state index in [0.717, 1.165) is 20.4 Å². The van der Waals surface area contributed by atoms with E-state index in [2.05, 4.69) is 5.32 Å². The van der Waals surface area contributed by atoms with Crippen molar-refractivity contribution in [3.05, 3.63) is 78.4 Å². The predicted molar refractivity (Wildman–Crippen MR) is 137 cm³/mol. The van der Waals surface area contributed by atoms with Gasteiger partial charge in [0.05, 0.1) is 29.6 Å². The molecule has 0 spiro atoms. The van der Waals surface area contributed by atoms with E-state index in [1.54, 1.807) is 54.6 Å². The van der Waals surface area contributed by atoms with Gasteiger partial charge in [0.15, 0.2) is 0 Å². The predicted octanol–water partition coefficient (Wildman–Crippen LogP) is 3.23. The van der Waals surface area contributed by atoms with Gasteiger partial charge in [0, 0.05) is 12.7 Å². The Morgan fingerprint density at radius 1 is 0.943 bits per heavy atom. The lowest BCUT2D eigenvalue weighted by Crippen LogP contribution is -2.38. The van der Waals surface area contributed by atoms with E-state index in [0.29, 0.717) is 11.4 Å². The number of benzene rings is 3. The summed E-state index contributed by atoms with van der Waals surface area (Å²) in [4.78, 5) is 13.0. The third-order valence-corrected chi connectivity index (χ3v) is 8.22. The Morgan fingerprint density at radius 2 is 1.60 bits per heavy atom. The van der Waals surface area contributed by atoms with E-state index in [9.17, 15) is 21.6 Å². The van der Waals surface area contributed by atoms with Crippen molar-refractivity contribution in [1.29, 1.82) is 0 Å². The molecule has 0 saturated carbocycles. The number of rotatable bonds is 9. The summed E-state index contributed by atoms with van der Waals surface area (Å²) < 4.78 is 58.2. The van der Waals surface area contributed by atoms with Gasteiger partial charge in [-0.1, -0.05) is 35.9 Å². The number of nitrogens with zero attached hydrogens (tertiary/aromatic N) is 2. The molecule has 186 valence electrons. The summed E-state index contributed by atoms with van der Waals surface area (Å²) in [5.74, 6) is -0.335. The Morgan fingerprint density at radius 3 is 2.23 bits per heavy atom. The fourth-order valence-electron chi connectivity index (χ4n) is 3.27. The molecule has 0 bridgehead atoms. The number of anilines is 3. The Balaban J connectivity index is 1.96. The minimum absolute atomic E-state index is 0.0265. The molecule has 0 saturated heterocycles. The lowest BCUT2D eigenvalue weighted by atomic mass is 10.2. The van der Waals surface area contributed by atoms with Crippen LogP contribution in [0.25, 0.3) is 0 Å². The SMILES string of the molecule is COc1ccccc1N(CC(=O)Nc1cccc(N(C)S(C)(=O)=O)c1)S(=O)(=O)c1ccc(C)cc1. The maximum Gasteiger partial charge on any atom is 0.264 e. The number of sulfonamides is 2. The van der Waals surface area contributed by atoms with Gasteiger partial charge in [0.25, 0.3) is 10.0 Å². The Hall–Kier alpha value is -3.57. The Labute approximate surface area is 206 Å². The largest absolute Gasteiger partial charge is 0.495 e. The molecule has 3 aromatic carbocycles. The minimum atomic E-state index is -4.13. The molecule has 0 atom stereocenters. The first-order valence-corrected chi connectivity index (χ1v) is 13.8. The lowest BCUT2D eigenvalue weighted by Gasteiger charge is -2.25. The number of methoxy groups -OCH3 is 1. The van der Waals surface area contributed by atoms with Crippen LogP contribution in [0.5, 0.6) is 5.75 Å². The van der Waals surface area contributed by atoms with E-state index >= 15 is 0 Å². The highest BCUT2D eigenvalue weighted by molar-refractivity contribution is 7.93. The molecule has 9 nitrogen and oxygen atoms in total. The molecule has 1 amide bonds. The van der Waals surface area contributed by atoms with Crippen molar-refractivity contribution >= 4 is 43.0 Å². The standard InChI is InChI=1S/C24H27N3O6S2/c1-18-12-14-21(15-13-18)35(31,32)27(22-10-5-6-11-23(22)33-3)17-24(28)25-19-8-7-9-20(16-19)26(2)34(4,29)30/h5-16H,17H2,1-4H3,(H,25,28). The molecule has 35 heavy (non-hydrogen) atoms. The van der Waals surface area contributed by atoms with Crippen LogP contribution in [0.1, 0.15) is 5.56 Å². The Bertz CT molecular complexity index is 1420. The van der Waals surface area contributed by atoms with Gasteiger partial charge >= 0.3 is 0 Å². The monoisotopic (exact) mass is 517 g/mol. The summed E-state index contributed by atoms with van der Waals surface area (Å²) in [6.45, 7) is 1.31. The second kappa shape index (κ2) is 10.4. The minimum Gasteiger partial charge on any atom is -0.495 e. The third-order valence-electron chi connectivity index (χ3n) is 5.24. The number of hydrogen-bond acceptors (Lipinski definition) is 6. The number of amides is 1. The van der Waals surface area contributed by atoms with Crippen molar-refractivity contribution in [2.75, 3.05) is 40.9 Å². The molecule has 0 fully saturated rings. The fraction of sp³-hybridized carbons (Fsp3) is 0.208. The quantitative estimate of drug-likeness (QED) is 0.466. The summed E-state index contributed by atoms with van der Waals surface area (Å²) in [5.41, 5.74) is 1.76. The normalized spacial score (nSPS) is 11.5. The highest BCUT2D eigenvalue weighted by Crippen LogP contribution is 2.32. The van der Waals surface area contributed by atoms with Crippen molar-refractivity contribution in [3.8, 4) is 5.75 Å². The van der Waals surface area contributed by atoms with Crippen LogP contribution in [0.3, 0.4) is 0 Å². The van der Waals surface area contributed by atoms with Crippen molar-refractivity contribution in [3.63, 3.8) is 0 Å². The number of aryl methyl sites for hydroxylation is 1. The van der Waals surface area contributed by atoms with Crippen LogP contribution >= 0.6 is 0 Å². The Kier molecular flexibility index (Phi) is 7.71. The third kappa shape index (κ3) is 6.11. The molecule has 0 aromatic heterocycles. The second-order valence-corrected chi connectivity index (χ2v) is 11.7. The van der Waals surface area contributed by atoms with Gasteiger partial charge in [-0.25, -0.2) is 16.8 Å². The molecular formula is C24H27N3O6S2. The molecule has 0 unspecified atom stereocenters. The van der Waals surface area contributed by atoms with Gasteiger partial charge in [-0.15, -0.1) is 0 Å². The molecule has 1 N–H and O–H groups in total. The van der Waals surface area contributed by atoms with E-state index in [4.69, 9.17) is 4.74 Å². The molecule has 0 aliphatic heterocycles. The smallest absolute Gasteiger partial charge is 0.264 e. The zero-order valence-electron chi connectivity index (χ0n) is 19.8. The summed E-state index contributed by atoms with van der Waals surface area (Å²) in [6, 6.07) is 19.1. The maximum absolute atomic E-state index is 13.6. The van der Waals surface area contributed by atoms with Gasteiger partial charge in [-0.3, -0.25) is 13.4 Å². The van der Waals surface area contributed by atoms with Crippen molar-refractivity contribution < 1.29 is 26.4 Å². The molecule has 0 radical (unpaired) electrons. The maximum atomic E-state index is 13.6. The topological polar surface area (TPSA) is 113 Å². The van der Waals surface area contributed by atoms with Crippen LogP contribution in [-0.2, 0) is 24.8 Å². The number of nitrogens with one attached hydrogen (secondary N) is 1. The average Bonchev–Trinajstić information content (AvgIpc) is 2.81. The van der Waals surface area contributed by atoms with E-state index in [-0.39, 0.29) is 16.3 Å². The number of para-hydroxylation sites is 2. The number of carbonyl (C=O) groups is 1. The van der Waals surface area contributed by atoms with Crippen molar-refractivity contribution in [2.45, 2.75) is 11.8 Å². The van der Waals surface area contributed by atoms with Crippen LogP contribution in [0.2, 0.25) is 0 Å². The van der Waals surface area contributed by atoms with Crippen molar-refractivity contribution in [2.24, 2.45) is 0 Å². The first kappa shape index (κ1) is 26.0. The zero-order chi connectivity index (χ0) is 25.8. The zero-order valence-corrected chi connectivity index (χ0v) is 21.4. The molecule has 0 aliphatic carbocycles. The highest BCUT2D eigenvalue weighted by atomic mass is 32.2. The molecule has 11 heteroatoms. The van der Waals surface area contributed by atoms with Crippen LogP contribution in [0.15, 0.2) is 77.7 Å². The van der Waals surface area contributed by atoms with Gasteiger partial charge in [-0.05, 0) is 49.4 Å². The molecule has 3 rings (SSSR count). The van der Waals surface area contributed by atoms with Crippen LogP contribution in [-0.4, -0.2) is 49.7 Å². The van der Waals surface area contributed by atoms with E-state index < -0.39 is 32.5 Å². The van der Waals surface area contributed by atoms with Gasteiger partial charge in [0.2, 0.25) is 15.9 Å². The van der Waals surface area contributed by atoms with Gasteiger partial charge in [0.1, 0.15) is 12.3 Å². The summed E-state index contributed by atoms with van der Waals surface area (Å²) in [5, 5.41) is 2.65. The van der Waals surface area contributed by atoms with Gasteiger partial charge < -0.3 is 10.1 Å². The summed E-state index contributed by atoms with van der Waals surface area (Å²) in [6.07, 6.45) is 1.07. The first-order valence-electron chi connectivity index (χ1n) is 10.5.